The van der Waals surface area contributed by atoms with E-state index >= 15 is 0 Å². The number of allylic oxidation sites excluding steroid dienone is 1. The fourth-order valence-corrected chi connectivity index (χ4v) is 2.20. The van der Waals surface area contributed by atoms with Gasteiger partial charge in [-0.05, 0) is 38.1 Å². The number of fused-ring (bicyclic) bond motifs is 1. The van der Waals surface area contributed by atoms with Gasteiger partial charge in [0.05, 0.1) is 11.6 Å². The van der Waals surface area contributed by atoms with Crippen LogP contribution in [0.15, 0.2) is 48.2 Å². The van der Waals surface area contributed by atoms with Gasteiger partial charge in [0, 0.05) is 11.6 Å². The summed E-state index contributed by atoms with van der Waals surface area (Å²) in [5.41, 5.74) is 3.67. The fourth-order valence-electron chi connectivity index (χ4n) is 2.20. The molecular formula is C16H20N2. The minimum Gasteiger partial charge on any atom is -0.307 e. The van der Waals surface area contributed by atoms with E-state index in [0.29, 0.717) is 0 Å². The molecule has 0 aliphatic heterocycles. The number of pyridine rings is 1. The van der Waals surface area contributed by atoms with Crippen molar-refractivity contribution in [1.82, 2.24) is 10.3 Å². The number of benzene rings is 1. The lowest BCUT2D eigenvalue weighted by molar-refractivity contribution is 0.648. The second-order valence-electron chi connectivity index (χ2n) is 4.70. The van der Waals surface area contributed by atoms with Crippen molar-refractivity contribution >= 4 is 10.9 Å². The molecule has 0 aliphatic rings. The average Bonchev–Trinajstić information content (AvgIpc) is 2.37. The van der Waals surface area contributed by atoms with Crippen LogP contribution in [0.1, 0.15) is 32.4 Å². The fraction of sp³-hybridized carbons (Fsp3) is 0.312. The van der Waals surface area contributed by atoms with Crippen molar-refractivity contribution < 1.29 is 0 Å². The molecule has 0 bridgehead atoms. The molecule has 1 atom stereocenters. The summed E-state index contributed by atoms with van der Waals surface area (Å²) in [6.45, 7) is 7.35. The van der Waals surface area contributed by atoms with Gasteiger partial charge in [-0.1, -0.05) is 36.8 Å². The quantitative estimate of drug-likeness (QED) is 0.821. The second-order valence-corrected chi connectivity index (χ2v) is 4.70. The van der Waals surface area contributed by atoms with Gasteiger partial charge in [-0.2, -0.15) is 0 Å². The summed E-state index contributed by atoms with van der Waals surface area (Å²) in [7, 11) is 0. The lowest BCUT2D eigenvalue weighted by Crippen LogP contribution is -2.19. The normalized spacial score (nSPS) is 12.4. The van der Waals surface area contributed by atoms with Crippen LogP contribution in [0.5, 0.6) is 0 Å². The van der Waals surface area contributed by atoms with Crippen LogP contribution in [0.3, 0.4) is 0 Å². The molecule has 0 aliphatic carbocycles. The zero-order valence-electron chi connectivity index (χ0n) is 11.3. The van der Waals surface area contributed by atoms with Crippen LogP contribution < -0.4 is 5.32 Å². The van der Waals surface area contributed by atoms with Gasteiger partial charge < -0.3 is 5.32 Å². The number of hydrogen-bond acceptors (Lipinski definition) is 2. The molecule has 1 heterocycles. The van der Waals surface area contributed by atoms with E-state index in [1.807, 2.05) is 12.3 Å². The molecule has 1 aromatic carbocycles. The van der Waals surface area contributed by atoms with Gasteiger partial charge >= 0.3 is 0 Å². The van der Waals surface area contributed by atoms with Crippen LogP contribution in [0, 0.1) is 0 Å². The van der Waals surface area contributed by atoms with E-state index in [0.717, 1.165) is 12.1 Å². The van der Waals surface area contributed by atoms with E-state index in [4.69, 9.17) is 0 Å². The summed E-state index contributed by atoms with van der Waals surface area (Å²) in [5, 5.41) is 4.74. The van der Waals surface area contributed by atoms with E-state index in [2.05, 4.69) is 61.4 Å². The maximum Gasteiger partial charge on any atom is 0.0705 e. The molecule has 0 spiro atoms. The predicted octanol–water partition coefficient (Wildman–Crippen LogP) is 3.85. The number of para-hydroxylation sites is 1. The average molecular weight is 240 g/mol. The number of nitrogens with one attached hydrogen (secondary N) is 1. The van der Waals surface area contributed by atoms with Crippen LogP contribution >= 0.6 is 0 Å². The monoisotopic (exact) mass is 240 g/mol. The van der Waals surface area contributed by atoms with E-state index in [9.17, 15) is 0 Å². The first-order valence-electron chi connectivity index (χ1n) is 6.44. The zero-order chi connectivity index (χ0) is 13.0. The number of hydrogen-bond donors (Lipinski definition) is 1. The molecule has 2 nitrogen and oxygen atoms in total. The second kappa shape index (κ2) is 5.78. The van der Waals surface area contributed by atoms with Gasteiger partial charge in [0.15, 0.2) is 0 Å². The molecule has 94 valence electrons. The van der Waals surface area contributed by atoms with Crippen LogP contribution in [0.2, 0.25) is 0 Å². The first-order valence-corrected chi connectivity index (χ1v) is 6.44. The van der Waals surface area contributed by atoms with Gasteiger partial charge in [-0.15, -0.1) is 0 Å². The van der Waals surface area contributed by atoms with Gasteiger partial charge in [-0.3, -0.25) is 4.98 Å². The summed E-state index contributed by atoms with van der Waals surface area (Å²) in [4.78, 5) is 4.42. The Labute approximate surface area is 109 Å². The van der Waals surface area contributed by atoms with Crippen LogP contribution in [0.25, 0.3) is 10.9 Å². The lowest BCUT2D eigenvalue weighted by Gasteiger charge is -2.17. The maximum absolute atomic E-state index is 4.42. The van der Waals surface area contributed by atoms with Crippen LogP contribution in [0.4, 0.5) is 0 Å². The highest BCUT2D eigenvalue weighted by Crippen LogP contribution is 2.24. The van der Waals surface area contributed by atoms with Crippen molar-refractivity contribution in [2.75, 3.05) is 6.54 Å². The highest BCUT2D eigenvalue weighted by atomic mass is 14.9. The standard InChI is InChI=1S/C16H20N2/c1-4-17-16(11-12(2)3)14-9-10-18-15-8-6-5-7-13(14)15/h5-11,16-17H,4H2,1-3H3. The Morgan fingerprint density at radius 2 is 2.06 bits per heavy atom. The lowest BCUT2D eigenvalue weighted by atomic mass is 10.0. The summed E-state index contributed by atoms with van der Waals surface area (Å²) in [6.07, 6.45) is 4.16. The molecule has 1 aromatic heterocycles. The topological polar surface area (TPSA) is 24.9 Å². The highest BCUT2D eigenvalue weighted by molar-refractivity contribution is 5.82. The molecule has 0 saturated carbocycles. The van der Waals surface area contributed by atoms with Crippen molar-refractivity contribution in [2.24, 2.45) is 0 Å². The minimum atomic E-state index is 0.257. The van der Waals surface area contributed by atoms with Crippen molar-refractivity contribution in [2.45, 2.75) is 26.8 Å². The van der Waals surface area contributed by atoms with Crippen molar-refractivity contribution in [3.8, 4) is 0 Å². The Morgan fingerprint density at radius 1 is 1.28 bits per heavy atom. The maximum atomic E-state index is 4.42. The molecule has 1 N–H and O–H groups in total. The van der Waals surface area contributed by atoms with E-state index in [1.165, 1.54) is 16.5 Å². The number of aromatic nitrogens is 1. The molecule has 2 heteroatoms. The van der Waals surface area contributed by atoms with Crippen molar-refractivity contribution in [1.29, 1.82) is 0 Å². The van der Waals surface area contributed by atoms with Crippen molar-refractivity contribution in [3.05, 3.63) is 53.7 Å². The minimum absolute atomic E-state index is 0.257. The van der Waals surface area contributed by atoms with E-state index in [-0.39, 0.29) is 6.04 Å². The Balaban J connectivity index is 2.53. The van der Waals surface area contributed by atoms with Gasteiger partial charge in [0.2, 0.25) is 0 Å². The smallest absolute Gasteiger partial charge is 0.0705 e. The molecular weight excluding hydrogens is 220 g/mol. The third kappa shape index (κ3) is 2.77. The van der Waals surface area contributed by atoms with Crippen LogP contribution in [-0.4, -0.2) is 11.5 Å². The van der Waals surface area contributed by atoms with Gasteiger partial charge in [0.25, 0.3) is 0 Å². The van der Waals surface area contributed by atoms with Crippen molar-refractivity contribution in [3.63, 3.8) is 0 Å². The van der Waals surface area contributed by atoms with Gasteiger partial charge in [-0.25, -0.2) is 0 Å². The zero-order valence-corrected chi connectivity index (χ0v) is 11.3. The van der Waals surface area contributed by atoms with E-state index < -0.39 is 0 Å². The number of rotatable bonds is 4. The first-order chi connectivity index (χ1) is 8.72. The molecule has 1 unspecified atom stereocenters. The largest absolute Gasteiger partial charge is 0.307 e. The molecule has 18 heavy (non-hydrogen) atoms. The molecule has 0 radical (unpaired) electrons. The molecule has 0 fully saturated rings. The highest BCUT2D eigenvalue weighted by Gasteiger charge is 2.10. The first kappa shape index (κ1) is 12.8. The number of likely N-dealkylation sites (N-methyl/N-ethyl adjacent to an activating group) is 1. The molecule has 0 amide bonds. The Hall–Kier alpha value is -1.67. The Kier molecular flexibility index (Phi) is 4.11. The summed E-state index contributed by atoms with van der Waals surface area (Å²) >= 11 is 0. The van der Waals surface area contributed by atoms with E-state index in [1.54, 1.807) is 0 Å². The molecule has 2 aromatic rings. The Morgan fingerprint density at radius 3 is 2.78 bits per heavy atom. The molecule has 2 rings (SSSR count). The Bertz CT molecular complexity index is 549. The predicted molar refractivity (Wildman–Crippen MR) is 77.6 cm³/mol. The number of nitrogens with zero attached hydrogens (tertiary/aromatic N) is 1. The third-order valence-corrected chi connectivity index (χ3v) is 2.94. The SMILES string of the molecule is CCNC(C=C(C)C)c1ccnc2ccccc12. The van der Waals surface area contributed by atoms with Crippen LogP contribution in [-0.2, 0) is 0 Å². The summed E-state index contributed by atoms with van der Waals surface area (Å²) in [5.74, 6) is 0. The summed E-state index contributed by atoms with van der Waals surface area (Å²) in [6, 6.07) is 10.7. The summed E-state index contributed by atoms with van der Waals surface area (Å²) < 4.78 is 0. The van der Waals surface area contributed by atoms with Gasteiger partial charge in [0.1, 0.15) is 0 Å². The third-order valence-electron chi connectivity index (χ3n) is 2.94. The molecule has 0 saturated heterocycles.